The molecule has 8 heteroatoms. The van der Waals surface area contributed by atoms with E-state index < -0.39 is 0 Å². The second-order valence-corrected chi connectivity index (χ2v) is 6.35. The van der Waals surface area contributed by atoms with Crippen LogP contribution in [0, 0.1) is 6.92 Å². The van der Waals surface area contributed by atoms with Crippen molar-refractivity contribution in [3.05, 3.63) is 40.8 Å². The molecule has 1 aromatic carbocycles. The third kappa shape index (κ3) is 2.08. The van der Waals surface area contributed by atoms with Crippen LogP contribution < -0.4 is 10.2 Å². The summed E-state index contributed by atoms with van der Waals surface area (Å²) in [5, 5.41) is 10.4. The normalized spacial score (nSPS) is 16.6. The summed E-state index contributed by atoms with van der Waals surface area (Å²) < 4.78 is 7.13. The largest absolute Gasteiger partial charge is 0.497 e. The van der Waals surface area contributed by atoms with Gasteiger partial charge in [-0.05, 0) is 31.2 Å². The Morgan fingerprint density at radius 1 is 1.32 bits per heavy atom. The molecular formula is C14H12ClN5OS. The number of thioether (sulfide) groups is 1. The molecule has 3 aromatic rings. The number of nitrogens with zero attached hydrogens (tertiary/aromatic N) is 4. The van der Waals surface area contributed by atoms with Crippen LogP contribution in [0.4, 0.5) is 0 Å². The number of aromatic nitrogens is 4. The molecule has 0 saturated heterocycles. The fraction of sp³-hybridized carbons (Fsp3) is 0.214. The third-order valence-electron chi connectivity index (χ3n) is 3.55. The van der Waals surface area contributed by atoms with Gasteiger partial charge >= 0.3 is 0 Å². The summed E-state index contributed by atoms with van der Waals surface area (Å²) in [6.07, 6.45) is 0. The quantitative estimate of drug-likeness (QED) is 0.727. The molecule has 0 fully saturated rings. The number of halogens is 1. The highest BCUT2D eigenvalue weighted by molar-refractivity contribution is 7.99. The average Bonchev–Trinajstić information content (AvgIpc) is 3.08. The van der Waals surface area contributed by atoms with E-state index in [1.807, 2.05) is 35.9 Å². The Hall–Kier alpha value is -1.99. The van der Waals surface area contributed by atoms with E-state index in [-0.39, 0.29) is 5.37 Å². The van der Waals surface area contributed by atoms with Crippen LogP contribution >= 0.6 is 23.4 Å². The molecule has 22 heavy (non-hydrogen) atoms. The van der Waals surface area contributed by atoms with Gasteiger partial charge in [-0.15, -0.1) is 10.2 Å². The maximum absolute atomic E-state index is 6.37. The summed E-state index contributed by atoms with van der Waals surface area (Å²) in [6, 6.07) is 7.76. The monoisotopic (exact) mass is 333 g/mol. The van der Waals surface area contributed by atoms with E-state index in [9.17, 15) is 0 Å². The topological polar surface area (TPSA) is 64.9 Å². The van der Waals surface area contributed by atoms with Crippen LogP contribution in [-0.2, 0) is 0 Å². The van der Waals surface area contributed by atoms with E-state index in [1.165, 1.54) is 0 Å². The number of hydrogen-bond donors (Lipinski definition) is 1. The Balaban J connectivity index is 1.77. The molecule has 1 unspecified atom stereocenters. The van der Waals surface area contributed by atoms with Gasteiger partial charge in [-0.3, -0.25) is 0 Å². The fourth-order valence-electron chi connectivity index (χ4n) is 2.41. The molecule has 112 valence electrons. The lowest BCUT2D eigenvalue weighted by molar-refractivity contribution is 0.415. The van der Waals surface area contributed by atoms with E-state index in [0.717, 1.165) is 33.2 Å². The molecule has 4 rings (SSSR count). The van der Waals surface area contributed by atoms with Crippen LogP contribution in [-0.4, -0.2) is 27.0 Å². The number of ether oxygens (including phenoxy) is 1. The van der Waals surface area contributed by atoms with Crippen LogP contribution in [0.3, 0.4) is 0 Å². The summed E-state index contributed by atoms with van der Waals surface area (Å²) >= 11 is 7.93. The molecule has 0 amide bonds. The molecule has 1 atom stereocenters. The van der Waals surface area contributed by atoms with Crippen LogP contribution in [0.25, 0.3) is 10.9 Å². The van der Waals surface area contributed by atoms with Gasteiger partial charge in [0.25, 0.3) is 0 Å². The molecule has 1 aliphatic heterocycles. The third-order valence-corrected chi connectivity index (χ3v) is 4.92. The maximum Gasteiger partial charge on any atom is 0.212 e. The first-order valence-electron chi connectivity index (χ1n) is 6.65. The van der Waals surface area contributed by atoms with E-state index in [4.69, 9.17) is 16.3 Å². The number of benzene rings is 1. The van der Waals surface area contributed by atoms with Gasteiger partial charge < -0.3 is 10.2 Å². The molecule has 0 saturated carbocycles. The van der Waals surface area contributed by atoms with Gasteiger partial charge in [0, 0.05) is 10.9 Å². The van der Waals surface area contributed by atoms with Gasteiger partial charge in [0.15, 0.2) is 0 Å². The van der Waals surface area contributed by atoms with Gasteiger partial charge in [-0.1, -0.05) is 23.4 Å². The first kappa shape index (κ1) is 13.7. The highest BCUT2D eigenvalue weighted by Gasteiger charge is 2.28. The second kappa shape index (κ2) is 5.03. The van der Waals surface area contributed by atoms with Crippen LogP contribution in [0.5, 0.6) is 5.75 Å². The van der Waals surface area contributed by atoms with Crippen molar-refractivity contribution in [1.82, 2.24) is 19.9 Å². The van der Waals surface area contributed by atoms with Crippen LogP contribution in [0.2, 0.25) is 5.15 Å². The summed E-state index contributed by atoms with van der Waals surface area (Å²) in [4.78, 5) is 4.48. The van der Waals surface area contributed by atoms with Crippen molar-refractivity contribution >= 4 is 34.3 Å². The minimum Gasteiger partial charge on any atom is -0.497 e. The molecule has 0 radical (unpaired) electrons. The zero-order chi connectivity index (χ0) is 15.3. The SMILES string of the molecule is COc1ccc2nc(Cl)c(C3Nn4c(C)nnc4S3)cc2c1. The number of nitrogens with one attached hydrogen (secondary N) is 1. The summed E-state index contributed by atoms with van der Waals surface area (Å²) in [5.41, 5.74) is 5.09. The second-order valence-electron chi connectivity index (χ2n) is 4.92. The number of hydrogen-bond acceptors (Lipinski definition) is 6. The van der Waals surface area contributed by atoms with Crippen molar-refractivity contribution in [2.45, 2.75) is 17.5 Å². The van der Waals surface area contributed by atoms with Gasteiger partial charge in [0.2, 0.25) is 5.16 Å². The van der Waals surface area contributed by atoms with Gasteiger partial charge in [0.1, 0.15) is 22.1 Å². The molecule has 6 nitrogen and oxygen atoms in total. The smallest absolute Gasteiger partial charge is 0.212 e. The van der Waals surface area contributed by atoms with Crippen molar-refractivity contribution in [2.75, 3.05) is 12.5 Å². The lowest BCUT2D eigenvalue weighted by Crippen LogP contribution is -2.14. The standard InChI is InChI=1S/C14H12ClN5OS/c1-7-17-18-14-20(7)19-13(22-14)10-6-8-5-9(21-2)3-4-11(8)16-12(10)15/h3-6,13,19H,1-2H3. The lowest BCUT2D eigenvalue weighted by atomic mass is 10.1. The highest BCUT2D eigenvalue weighted by Crippen LogP contribution is 2.41. The Morgan fingerprint density at radius 3 is 2.95 bits per heavy atom. The zero-order valence-electron chi connectivity index (χ0n) is 11.9. The highest BCUT2D eigenvalue weighted by atomic mass is 35.5. The van der Waals surface area contributed by atoms with E-state index in [0.29, 0.717) is 5.15 Å². The molecule has 3 heterocycles. The Labute approximate surface area is 135 Å². The lowest BCUT2D eigenvalue weighted by Gasteiger charge is -2.14. The van der Waals surface area contributed by atoms with Crippen LogP contribution in [0.15, 0.2) is 29.4 Å². The number of fused-ring (bicyclic) bond motifs is 2. The Morgan fingerprint density at radius 2 is 2.18 bits per heavy atom. The Kier molecular flexibility index (Phi) is 3.12. The number of pyridine rings is 1. The Bertz CT molecular complexity index is 881. The summed E-state index contributed by atoms with van der Waals surface area (Å²) in [7, 11) is 1.65. The molecule has 2 aromatic heterocycles. The fourth-order valence-corrected chi connectivity index (χ4v) is 3.78. The van der Waals surface area contributed by atoms with E-state index >= 15 is 0 Å². The molecule has 0 aliphatic carbocycles. The maximum atomic E-state index is 6.37. The number of aryl methyl sites for hydroxylation is 1. The molecule has 1 N–H and O–H groups in total. The first-order valence-corrected chi connectivity index (χ1v) is 7.91. The van der Waals surface area contributed by atoms with Gasteiger partial charge in [0.05, 0.1) is 12.6 Å². The molecular weight excluding hydrogens is 322 g/mol. The van der Waals surface area contributed by atoms with Crippen molar-refractivity contribution in [2.24, 2.45) is 0 Å². The molecule has 0 bridgehead atoms. The number of methoxy groups -OCH3 is 1. The molecule has 1 aliphatic rings. The van der Waals surface area contributed by atoms with Crippen LogP contribution in [0.1, 0.15) is 16.8 Å². The zero-order valence-corrected chi connectivity index (χ0v) is 13.4. The predicted octanol–water partition coefficient (Wildman–Crippen LogP) is 3.14. The minimum atomic E-state index is -0.0419. The van der Waals surface area contributed by atoms with Crippen molar-refractivity contribution in [3.63, 3.8) is 0 Å². The van der Waals surface area contributed by atoms with E-state index in [2.05, 4.69) is 20.6 Å². The van der Waals surface area contributed by atoms with Crippen molar-refractivity contribution in [3.8, 4) is 5.75 Å². The summed E-state index contributed by atoms with van der Waals surface area (Å²) in [5.74, 6) is 1.61. The van der Waals surface area contributed by atoms with E-state index in [1.54, 1.807) is 18.9 Å². The van der Waals surface area contributed by atoms with Crippen molar-refractivity contribution < 1.29 is 4.74 Å². The average molecular weight is 334 g/mol. The summed E-state index contributed by atoms with van der Waals surface area (Å²) in [6.45, 7) is 1.90. The van der Waals surface area contributed by atoms with Crippen molar-refractivity contribution in [1.29, 1.82) is 0 Å². The minimum absolute atomic E-state index is 0.0419. The molecule has 0 spiro atoms. The predicted molar refractivity (Wildman–Crippen MR) is 86.0 cm³/mol. The first-order chi connectivity index (χ1) is 10.7. The number of rotatable bonds is 2. The van der Waals surface area contributed by atoms with Gasteiger partial charge in [-0.2, -0.15) is 0 Å². The van der Waals surface area contributed by atoms with Gasteiger partial charge in [-0.25, -0.2) is 9.66 Å².